The van der Waals surface area contributed by atoms with Crippen LogP contribution in [0, 0.1) is 13.8 Å². The van der Waals surface area contributed by atoms with Crippen LogP contribution in [0.15, 0.2) is 45.6 Å². The first-order valence-corrected chi connectivity index (χ1v) is 12.4. The van der Waals surface area contributed by atoms with Crippen LogP contribution in [0.1, 0.15) is 27.9 Å². The molecule has 2 aromatic heterocycles. The van der Waals surface area contributed by atoms with Crippen LogP contribution in [-0.2, 0) is 9.53 Å². The van der Waals surface area contributed by atoms with Gasteiger partial charge in [0.1, 0.15) is 10.5 Å². The largest absolute Gasteiger partial charge is 0.493 e. The van der Waals surface area contributed by atoms with Gasteiger partial charge in [0.05, 0.1) is 31.9 Å². The lowest BCUT2D eigenvalue weighted by Gasteiger charge is -2.13. The first-order chi connectivity index (χ1) is 18.2. The number of esters is 1. The average molecular weight is 539 g/mol. The summed E-state index contributed by atoms with van der Waals surface area (Å²) in [5, 5.41) is 3.11. The number of anilines is 1. The van der Waals surface area contributed by atoms with E-state index in [1.165, 1.54) is 14.2 Å². The van der Waals surface area contributed by atoms with Crippen molar-refractivity contribution in [2.45, 2.75) is 20.8 Å². The molecule has 0 saturated heterocycles. The highest BCUT2D eigenvalue weighted by molar-refractivity contribution is 7.17. The third-order valence-corrected chi connectivity index (χ3v) is 6.56. The monoisotopic (exact) mass is 538 g/mol. The fraction of sp³-hybridized carbons (Fsp3) is 0.259. The Kier molecular flexibility index (Phi) is 7.96. The maximum absolute atomic E-state index is 13.4. The fourth-order valence-corrected chi connectivity index (χ4v) is 4.59. The number of hydrogen-bond acceptors (Lipinski definition) is 10. The highest BCUT2D eigenvalue weighted by atomic mass is 32.1. The molecular formula is C27H26N2O8S. The van der Waals surface area contributed by atoms with Gasteiger partial charge in [-0.15, -0.1) is 0 Å². The third kappa shape index (κ3) is 5.47. The molecule has 2 heterocycles. The second-order valence-corrected chi connectivity index (χ2v) is 9.15. The Balaban J connectivity index is 1.66. The molecule has 0 aliphatic carbocycles. The Morgan fingerprint density at radius 2 is 1.82 bits per heavy atom. The van der Waals surface area contributed by atoms with Gasteiger partial charge in [-0.2, -0.15) is 0 Å². The fourth-order valence-electron chi connectivity index (χ4n) is 3.71. The first-order valence-electron chi connectivity index (χ1n) is 11.6. The number of ether oxygens (including phenoxy) is 4. The van der Waals surface area contributed by atoms with Crippen LogP contribution >= 0.6 is 11.3 Å². The molecule has 0 aliphatic heterocycles. The summed E-state index contributed by atoms with van der Waals surface area (Å²) in [6.45, 7) is 4.96. The summed E-state index contributed by atoms with van der Waals surface area (Å²) in [5.41, 5.74) is 1.78. The number of aromatic nitrogens is 1. The molecule has 0 radical (unpaired) electrons. The summed E-state index contributed by atoms with van der Waals surface area (Å²) in [6.07, 6.45) is 0. The molecule has 2 aromatic carbocycles. The highest BCUT2D eigenvalue weighted by Gasteiger charge is 2.22. The zero-order valence-electron chi connectivity index (χ0n) is 21.5. The van der Waals surface area contributed by atoms with Gasteiger partial charge < -0.3 is 23.4 Å². The van der Waals surface area contributed by atoms with Crippen molar-refractivity contribution in [3.8, 4) is 28.6 Å². The number of rotatable bonds is 9. The number of benzene rings is 2. The van der Waals surface area contributed by atoms with Crippen LogP contribution in [0.25, 0.3) is 22.3 Å². The minimum absolute atomic E-state index is 0.133. The van der Waals surface area contributed by atoms with E-state index in [1.807, 2.05) is 6.92 Å². The second-order valence-electron chi connectivity index (χ2n) is 8.15. The quantitative estimate of drug-likeness (QED) is 0.301. The molecule has 0 spiro atoms. The standard InChI is InChI=1S/C27H26N2O8S/c1-6-35-26(32)25-15(3)28-27(38-25)29-21(30)13-36-24-22(31)17-9-7-14(2)11-19(17)37-23(24)16-8-10-18(33-4)20(12-16)34-5/h7-12H,6,13H2,1-5H3,(H,28,29,30). The molecule has 4 rings (SSSR count). The molecule has 1 amide bonds. The van der Waals surface area contributed by atoms with Gasteiger partial charge in [-0.25, -0.2) is 9.78 Å². The molecule has 198 valence electrons. The number of thiazole rings is 1. The van der Waals surface area contributed by atoms with Crippen molar-refractivity contribution in [3.05, 3.63) is 62.8 Å². The molecule has 4 aromatic rings. The lowest BCUT2D eigenvalue weighted by molar-refractivity contribution is -0.118. The number of hydrogen-bond donors (Lipinski definition) is 1. The summed E-state index contributed by atoms with van der Waals surface area (Å²) >= 11 is 0.992. The van der Waals surface area contributed by atoms with Crippen LogP contribution in [0.2, 0.25) is 0 Å². The zero-order chi connectivity index (χ0) is 27.4. The van der Waals surface area contributed by atoms with Crippen LogP contribution < -0.4 is 25.0 Å². The maximum atomic E-state index is 13.4. The topological polar surface area (TPSA) is 126 Å². The van der Waals surface area contributed by atoms with Crippen molar-refractivity contribution in [2.75, 3.05) is 32.8 Å². The molecule has 1 N–H and O–H groups in total. The molecule has 0 aliphatic rings. The van der Waals surface area contributed by atoms with Crippen LogP contribution in [0.4, 0.5) is 5.13 Å². The average Bonchev–Trinajstić information content (AvgIpc) is 3.27. The maximum Gasteiger partial charge on any atom is 0.350 e. The van der Waals surface area contributed by atoms with Crippen molar-refractivity contribution in [2.24, 2.45) is 0 Å². The van der Waals surface area contributed by atoms with Gasteiger partial charge in [0, 0.05) is 5.56 Å². The smallest absolute Gasteiger partial charge is 0.350 e. The molecule has 0 saturated carbocycles. The SMILES string of the molecule is CCOC(=O)c1sc(NC(=O)COc2c(-c3ccc(OC)c(OC)c3)oc3cc(C)ccc3c2=O)nc1C. The minimum atomic E-state index is -0.573. The molecule has 0 atom stereocenters. The van der Waals surface area contributed by atoms with Gasteiger partial charge in [-0.05, 0) is 56.7 Å². The minimum Gasteiger partial charge on any atom is -0.493 e. The number of carbonyl (C=O) groups excluding carboxylic acids is 2. The van der Waals surface area contributed by atoms with E-state index in [0.29, 0.717) is 38.6 Å². The van der Waals surface area contributed by atoms with Crippen molar-refractivity contribution >= 4 is 39.3 Å². The number of carbonyl (C=O) groups is 2. The normalized spacial score (nSPS) is 10.8. The Morgan fingerprint density at radius 3 is 2.53 bits per heavy atom. The molecular weight excluding hydrogens is 512 g/mol. The first kappa shape index (κ1) is 26.7. The zero-order valence-corrected chi connectivity index (χ0v) is 22.3. The molecule has 0 fully saturated rings. The van der Waals surface area contributed by atoms with Gasteiger partial charge in [0.2, 0.25) is 11.2 Å². The Bertz CT molecular complexity index is 1570. The number of aryl methyl sites for hydroxylation is 2. The van der Waals surface area contributed by atoms with Crippen LogP contribution in [0.5, 0.6) is 17.2 Å². The summed E-state index contributed by atoms with van der Waals surface area (Å²) in [4.78, 5) is 42.7. The highest BCUT2D eigenvalue weighted by Crippen LogP contribution is 2.37. The molecule has 0 bridgehead atoms. The Hall–Kier alpha value is -4.38. The molecule has 10 nitrogen and oxygen atoms in total. The van der Waals surface area contributed by atoms with Crippen molar-refractivity contribution in [1.29, 1.82) is 0 Å². The van der Waals surface area contributed by atoms with Gasteiger partial charge in [-0.1, -0.05) is 17.4 Å². The molecule has 38 heavy (non-hydrogen) atoms. The van der Waals surface area contributed by atoms with Crippen molar-refractivity contribution in [1.82, 2.24) is 4.98 Å². The van der Waals surface area contributed by atoms with Gasteiger partial charge in [0.25, 0.3) is 5.91 Å². The van der Waals surface area contributed by atoms with Crippen LogP contribution in [-0.4, -0.2) is 44.3 Å². The third-order valence-electron chi connectivity index (χ3n) is 5.50. The number of nitrogens with zero attached hydrogens (tertiary/aromatic N) is 1. The van der Waals surface area contributed by atoms with Gasteiger partial charge in [-0.3, -0.25) is 14.9 Å². The second kappa shape index (κ2) is 11.3. The van der Waals surface area contributed by atoms with Crippen molar-refractivity contribution < 1.29 is 33.0 Å². The summed E-state index contributed by atoms with van der Waals surface area (Å²) in [7, 11) is 3.01. The number of nitrogens with one attached hydrogen (secondary N) is 1. The summed E-state index contributed by atoms with van der Waals surface area (Å²) < 4.78 is 27.6. The lowest BCUT2D eigenvalue weighted by atomic mass is 10.1. The Morgan fingerprint density at radius 1 is 1.05 bits per heavy atom. The molecule has 11 heteroatoms. The lowest BCUT2D eigenvalue weighted by Crippen LogP contribution is -2.22. The van der Waals surface area contributed by atoms with Crippen molar-refractivity contribution in [3.63, 3.8) is 0 Å². The van der Waals surface area contributed by atoms with E-state index in [-0.39, 0.29) is 23.2 Å². The van der Waals surface area contributed by atoms with E-state index in [9.17, 15) is 14.4 Å². The van der Waals surface area contributed by atoms with E-state index in [1.54, 1.807) is 50.2 Å². The summed E-state index contributed by atoms with van der Waals surface area (Å²) in [6, 6.07) is 10.2. The van der Waals surface area contributed by atoms with Gasteiger partial charge in [0.15, 0.2) is 29.0 Å². The summed E-state index contributed by atoms with van der Waals surface area (Å²) in [5.74, 6) is -0.156. The van der Waals surface area contributed by atoms with Gasteiger partial charge >= 0.3 is 5.97 Å². The van der Waals surface area contributed by atoms with E-state index < -0.39 is 23.9 Å². The van der Waals surface area contributed by atoms with E-state index in [0.717, 1.165) is 16.9 Å². The number of amides is 1. The van der Waals surface area contributed by atoms with E-state index in [2.05, 4.69) is 10.3 Å². The molecule has 0 unspecified atom stereocenters. The van der Waals surface area contributed by atoms with E-state index in [4.69, 9.17) is 23.4 Å². The number of methoxy groups -OCH3 is 2. The predicted molar refractivity (Wildman–Crippen MR) is 143 cm³/mol. The Labute approximate surface area is 222 Å². The van der Waals surface area contributed by atoms with Crippen LogP contribution in [0.3, 0.4) is 0 Å². The van der Waals surface area contributed by atoms with E-state index >= 15 is 0 Å². The predicted octanol–water partition coefficient (Wildman–Crippen LogP) is 4.74. The number of fused-ring (bicyclic) bond motifs is 1.